The van der Waals surface area contributed by atoms with Gasteiger partial charge in [-0.2, -0.15) is 0 Å². The molecule has 0 fully saturated rings. The molecule has 8 nitrogen and oxygen atoms in total. The molecule has 1 amide bonds. The first-order chi connectivity index (χ1) is 17.0. The van der Waals surface area contributed by atoms with Gasteiger partial charge in [0.25, 0.3) is 5.91 Å². The van der Waals surface area contributed by atoms with Crippen LogP contribution in [0.2, 0.25) is 0 Å². The zero-order valence-electron chi connectivity index (χ0n) is 19.2. The number of hydrogen-bond donors (Lipinski definition) is 3. The molecule has 4 rings (SSSR count). The average Bonchev–Trinajstić information content (AvgIpc) is 3.19. The highest BCUT2D eigenvalue weighted by Crippen LogP contribution is 2.41. The van der Waals surface area contributed by atoms with Gasteiger partial charge >= 0.3 is 0 Å². The molecular formula is C25H22F2N2O6S. The largest absolute Gasteiger partial charge is 0.506 e. The van der Waals surface area contributed by atoms with Crippen LogP contribution < -0.4 is 9.62 Å². The highest BCUT2D eigenvalue weighted by molar-refractivity contribution is 7.92. The fourth-order valence-corrected chi connectivity index (χ4v) is 4.75. The minimum absolute atomic E-state index is 0.0678. The van der Waals surface area contributed by atoms with Crippen molar-refractivity contribution in [2.24, 2.45) is 0 Å². The summed E-state index contributed by atoms with van der Waals surface area (Å²) < 4.78 is 58.6. The first-order valence-corrected chi connectivity index (χ1v) is 12.5. The van der Waals surface area contributed by atoms with E-state index in [1.165, 1.54) is 55.6 Å². The molecule has 0 aliphatic rings. The number of amides is 1. The van der Waals surface area contributed by atoms with Crippen LogP contribution in [0.3, 0.4) is 0 Å². The number of aliphatic hydroxyl groups excluding tert-OH is 1. The highest BCUT2D eigenvalue weighted by atomic mass is 32.2. The fraction of sp³-hybridized carbons (Fsp3) is 0.160. The van der Waals surface area contributed by atoms with Gasteiger partial charge in [-0.3, -0.25) is 9.10 Å². The molecule has 0 radical (unpaired) electrons. The topological polar surface area (TPSA) is 120 Å². The van der Waals surface area contributed by atoms with Crippen LogP contribution in [-0.4, -0.2) is 44.4 Å². The maximum absolute atomic E-state index is 13.4. The van der Waals surface area contributed by atoms with E-state index in [-0.39, 0.29) is 33.5 Å². The van der Waals surface area contributed by atoms with Gasteiger partial charge in [-0.15, -0.1) is 0 Å². The Kier molecular flexibility index (Phi) is 6.70. The molecule has 0 spiro atoms. The molecule has 0 bridgehead atoms. The van der Waals surface area contributed by atoms with E-state index in [2.05, 4.69) is 5.32 Å². The second kappa shape index (κ2) is 9.59. The number of benzene rings is 3. The smallest absolute Gasteiger partial charge is 0.255 e. The van der Waals surface area contributed by atoms with Crippen LogP contribution in [0.15, 0.2) is 65.1 Å². The Bertz CT molecular complexity index is 1530. The number of nitrogens with one attached hydrogen (secondary N) is 1. The fourth-order valence-electron chi connectivity index (χ4n) is 3.84. The van der Waals surface area contributed by atoms with E-state index in [1.54, 1.807) is 0 Å². The molecule has 0 saturated carbocycles. The third-order valence-corrected chi connectivity index (χ3v) is 6.75. The molecule has 0 aliphatic carbocycles. The third kappa shape index (κ3) is 4.88. The SMILES string of the molecule is CNC(=O)c1c(-c2ccc(F)cc2)oc2cc(N(CC(O)c3ccc(F)cc3)S(C)(=O)=O)c(O)cc12. The summed E-state index contributed by atoms with van der Waals surface area (Å²) in [5.74, 6) is -1.93. The summed E-state index contributed by atoms with van der Waals surface area (Å²) in [4.78, 5) is 12.7. The molecule has 11 heteroatoms. The third-order valence-electron chi connectivity index (χ3n) is 5.61. The standard InChI is InChI=1S/C25H22F2N2O6S/c1-28-25(32)23-18-11-20(30)19(12-22(18)35-24(23)15-5-9-17(27)10-6-15)29(36(2,33)34)13-21(31)14-3-7-16(26)8-4-14/h3-12,21,30-31H,13H2,1-2H3,(H,28,32). The van der Waals surface area contributed by atoms with E-state index in [9.17, 15) is 32.2 Å². The zero-order valence-corrected chi connectivity index (χ0v) is 20.0. The van der Waals surface area contributed by atoms with E-state index in [0.717, 1.165) is 22.7 Å². The molecule has 3 N–H and O–H groups in total. The Hall–Kier alpha value is -3.96. The number of furan rings is 1. The molecular weight excluding hydrogens is 494 g/mol. The second-order valence-electron chi connectivity index (χ2n) is 8.09. The number of halogens is 2. The van der Waals surface area contributed by atoms with Crippen molar-refractivity contribution in [3.63, 3.8) is 0 Å². The lowest BCUT2D eigenvalue weighted by Crippen LogP contribution is -2.34. The molecule has 1 aromatic heterocycles. The van der Waals surface area contributed by atoms with Crippen molar-refractivity contribution in [1.82, 2.24) is 5.32 Å². The Morgan fingerprint density at radius 1 is 1.06 bits per heavy atom. The Labute approximate surface area is 205 Å². The molecule has 0 aliphatic heterocycles. The number of aliphatic hydroxyl groups is 1. The first-order valence-electron chi connectivity index (χ1n) is 10.7. The van der Waals surface area contributed by atoms with Crippen molar-refractivity contribution in [1.29, 1.82) is 0 Å². The van der Waals surface area contributed by atoms with Crippen LogP contribution >= 0.6 is 0 Å². The predicted molar refractivity (Wildman–Crippen MR) is 130 cm³/mol. The Balaban J connectivity index is 1.85. The quantitative estimate of drug-likeness (QED) is 0.342. The van der Waals surface area contributed by atoms with Crippen molar-refractivity contribution >= 4 is 32.6 Å². The molecule has 36 heavy (non-hydrogen) atoms. The maximum Gasteiger partial charge on any atom is 0.255 e. The molecule has 188 valence electrons. The molecule has 1 heterocycles. The van der Waals surface area contributed by atoms with E-state index in [0.29, 0.717) is 5.56 Å². The summed E-state index contributed by atoms with van der Waals surface area (Å²) in [6, 6.07) is 12.6. The zero-order chi connectivity index (χ0) is 26.2. The van der Waals surface area contributed by atoms with Crippen molar-refractivity contribution in [3.8, 4) is 17.1 Å². The summed E-state index contributed by atoms with van der Waals surface area (Å²) in [5, 5.41) is 24.1. The van der Waals surface area contributed by atoms with Crippen molar-refractivity contribution < 1.29 is 36.6 Å². The van der Waals surface area contributed by atoms with Gasteiger partial charge in [0.1, 0.15) is 28.7 Å². The van der Waals surface area contributed by atoms with Gasteiger partial charge in [-0.25, -0.2) is 17.2 Å². The van der Waals surface area contributed by atoms with Crippen LogP contribution in [0.4, 0.5) is 14.5 Å². The lowest BCUT2D eigenvalue weighted by Gasteiger charge is -2.26. The van der Waals surface area contributed by atoms with Crippen molar-refractivity contribution in [2.45, 2.75) is 6.10 Å². The number of phenolic OH excluding ortho intramolecular Hbond substituents is 1. The summed E-state index contributed by atoms with van der Waals surface area (Å²) in [5.41, 5.74) is 0.598. The van der Waals surface area contributed by atoms with Gasteiger partial charge in [0.2, 0.25) is 10.0 Å². The number of sulfonamides is 1. The van der Waals surface area contributed by atoms with Gasteiger partial charge in [0.05, 0.1) is 30.2 Å². The van der Waals surface area contributed by atoms with Crippen LogP contribution in [0.1, 0.15) is 22.0 Å². The number of fused-ring (bicyclic) bond motifs is 1. The Morgan fingerprint density at radius 2 is 1.64 bits per heavy atom. The highest BCUT2D eigenvalue weighted by Gasteiger charge is 2.28. The first kappa shape index (κ1) is 25.1. The van der Waals surface area contributed by atoms with Crippen molar-refractivity contribution in [3.05, 3.63) is 83.4 Å². The molecule has 1 atom stereocenters. The van der Waals surface area contributed by atoms with Gasteiger partial charge in [0.15, 0.2) is 0 Å². The van der Waals surface area contributed by atoms with Gasteiger partial charge in [-0.05, 0) is 48.0 Å². The number of aromatic hydroxyl groups is 1. The number of phenols is 1. The monoisotopic (exact) mass is 516 g/mol. The normalized spacial score (nSPS) is 12.5. The number of nitrogens with zero attached hydrogens (tertiary/aromatic N) is 1. The van der Waals surface area contributed by atoms with E-state index < -0.39 is 46.0 Å². The summed E-state index contributed by atoms with van der Waals surface area (Å²) >= 11 is 0. The molecule has 3 aromatic carbocycles. The number of carbonyl (C=O) groups is 1. The summed E-state index contributed by atoms with van der Waals surface area (Å²) in [6.07, 6.45) is -0.445. The number of rotatable bonds is 7. The summed E-state index contributed by atoms with van der Waals surface area (Å²) in [7, 11) is -2.62. The average molecular weight is 517 g/mol. The van der Waals surface area contributed by atoms with Crippen molar-refractivity contribution in [2.75, 3.05) is 24.2 Å². The van der Waals surface area contributed by atoms with Crippen LogP contribution in [0.25, 0.3) is 22.3 Å². The van der Waals surface area contributed by atoms with Gasteiger partial charge in [0, 0.05) is 24.1 Å². The van der Waals surface area contributed by atoms with Gasteiger partial charge in [-0.1, -0.05) is 12.1 Å². The minimum atomic E-state index is -4.02. The van der Waals surface area contributed by atoms with E-state index in [1.807, 2.05) is 0 Å². The van der Waals surface area contributed by atoms with Crippen LogP contribution in [-0.2, 0) is 10.0 Å². The maximum atomic E-state index is 13.4. The van der Waals surface area contributed by atoms with E-state index in [4.69, 9.17) is 4.42 Å². The lowest BCUT2D eigenvalue weighted by molar-refractivity contribution is 0.0964. The number of anilines is 1. The molecule has 0 saturated heterocycles. The van der Waals surface area contributed by atoms with E-state index >= 15 is 0 Å². The second-order valence-corrected chi connectivity index (χ2v) is 10.00. The minimum Gasteiger partial charge on any atom is -0.506 e. The van der Waals surface area contributed by atoms with Crippen LogP contribution in [0.5, 0.6) is 5.75 Å². The number of hydrogen-bond acceptors (Lipinski definition) is 6. The van der Waals surface area contributed by atoms with Gasteiger partial charge < -0.3 is 19.9 Å². The predicted octanol–water partition coefficient (Wildman–Crippen LogP) is 3.94. The number of carbonyl (C=O) groups excluding carboxylic acids is 1. The Morgan fingerprint density at radius 3 is 2.19 bits per heavy atom. The summed E-state index contributed by atoms with van der Waals surface area (Å²) in [6.45, 7) is -0.489. The lowest BCUT2D eigenvalue weighted by atomic mass is 10.0. The van der Waals surface area contributed by atoms with Crippen LogP contribution in [0, 0.1) is 11.6 Å². The molecule has 4 aromatic rings. The molecule has 1 unspecified atom stereocenters.